The fourth-order valence-electron chi connectivity index (χ4n) is 14.2. The zero-order valence-corrected chi connectivity index (χ0v) is 70.2. The fourth-order valence-corrected chi connectivity index (χ4v) is 18.8. The van der Waals surface area contributed by atoms with Crippen molar-refractivity contribution < 1.29 is 71.3 Å². The number of carbonyl (C=O) groups is 10. The first-order chi connectivity index (χ1) is 53.6. The predicted octanol–water partition coefficient (Wildman–Crippen LogP) is 12.0. The third-order valence-corrected chi connectivity index (χ3v) is 26.1. The number of carbonyl (C=O) groups excluding carboxylic acids is 10. The first-order valence-electron chi connectivity index (χ1n) is 39.9. The van der Waals surface area contributed by atoms with Gasteiger partial charge in [0.15, 0.2) is 0 Å². The molecule has 0 heterocycles. The van der Waals surface area contributed by atoms with Crippen LogP contribution in [0.1, 0.15) is 183 Å². The molecule has 1 aliphatic carbocycles. The monoisotopic (exact) mass is 1570 g/mol. The topological polar surface area (TPSA) is 292 Å². The van der Waals surface area contributed by atoms with Crippen LogP contribution in [0.3, 0.4) is 0 Å². The Labute approximate surface area is 669 Å². The van der Waals surface area contributed by atoms with Crippen molar-refractivity contribution in [1.29, 1.82) is 0 Å². The van der Waals surface area contributed by atoms with Gasteiger partial charge in [-0.15, -0.1) is 0 Å². The standard InChI is InChI=1S/C90H121N7O15Si/c1-18-59(7)78(94-82(101)73(93-88(107)109-56-72-70-42-31-29-40-68(70)69-41-30-32-43-71(69)72)44-33-51-110-113(90(13,14)15,66-36-25-21-26-37-66)67-38-27-22-28-39-67)85(104)97(17)75(53-62-45-48-65(49-46-62)112-89(10,11)12)83(102)95-79(60(8)19-2)87(106)111-61(9)80(96-81(100)64(47-50-77(99)91-16)54-76(98)58(5)6)84(103)92-74(52-57(3)4)86(105)108-55-63-34-23-20-24-35-63/h20-32,34-43,45-46,48-49,57-61,64,72-75,78-80H,18-19,33,44,47,50-56H2,1-17H3,(H,91,99)(H,92,103)(H,93,107)(H,94,101)(H,95,102)(H,96,100)/t59-,60-,61+,64+,73-,74-,75-,78-,79-,80-/m0/s1. The van der Waals surface area contributed by atoms with Gasteiger partial charge in [-0.3, -0.25) is 33.6 Å². The number of fused-ring (bicyclic) bond motifs is 3. The van der Waals surface area contributed by atoms with Gasteiger partial charge in [-0.1, -0.05) is 241 Å². The Kier molecular flexibility index (Phi) is 33.7. The molecule has 0 aromatic heterocycles. The SMILES string of the molecule is CC[C@H](C)[C@H](NC(=O)[C@H](Cc1ccc(OC(C)(C)C)cc1)N(C)C(=O)[C@@H](NC(=O)[C@H](CCCO[Si](c1ccccc1)(c1ccccc1)C(C)(C)C)NC(=O)OCC1c2ccccc2-c2ccccc21)[C@@H](C)CC)C(=O)O[C@H](C)[C@H](NC(=O)[C@H](CCC(=O)NC)CC(=O)C(C)C)C(=O)N[C@@H](CC(C)C)C(=O)OCc1ccccc1. The highest BCUT2D eigenvalue weighted by Gasteiger charge is 2.50. The molecule has 22 nitrogen and oxygen atoms in total. The van der Waals surface area contributed by atoms with Crippen LogP contribution in [-0.2, 0) is 74.8 Å². The quantitative estimate of drug-likeness (QED) is 0.00900. The molecule has 6 aromatic rings. The highest BCUT2D eigenvalue weighted by molar-refractivity contribution is 6.99. The van der Waals surface area contributed by atoms with Crippen molar-refractivity contribution in [3.8, 4) is 16.9 Å². The summed E-state index contributed by atoms with van der Waals surface area (Å²) >= 11 is 0. The molecule has 0 bridgehead atoms. The average Bonchev–Trinajstić information content (AvgIpc) is 1.62. The van der Waals surface area contributed by atoms with E-state index in [1.807, 2.05) is 133 Å². The zero-order chi connectivity index (χ0) is 82.9. The maximum absolute atomic E-state index is 15.8. The number of rotatable bonds is 41. The smallest absolute Gasteiger partial charge is 0.407 e. The summed E-state index contributed by atoms with van der Waals surface area (Å²) in [6.45, 7) is 27.9. The van der Waals surface area contributed by atoms with E-state index in [0.29, 0.717) is 29.7 Å². The van der Waals surface area contributed by atoms with Crippen LogP contribution in [0.15, 0.2) is 164 Å². The summed E-state index contributed by atoms with van der Waals surface area (Å²) in [6.07, 6.45) is -1.92. The minimum atomic E-state index is -3.07. The van der Waals surface area contributed by atoms with Gasteiger partial charge in [0.2, 0.25) is 35.4 Å². The molecule has 1 aliphatic rings. The Hall–Kier alpha value is -10.0. The molecule has 0 saturated heterocycles. The number of benzene rings is 6. The zero-order valence-electron chi connectivity index (χ0n) is 69.2. The Bertz CT molecular complexity index is 4060. The molecule has 23 heteroatoms. The van der Waals surface area contributed by atoms with E-state index < -0.39 is 133 Å². The van der Waals surface area contributed by atoms with Crippen LogP contribution < -0.4 is 47.0 Å². The molecular weight excluding hydrogens is 1450 g/mol. The maximum atomic E-state index is 15.8. The van der Waals surface area contributed by atoms with E-state index in [0.717, 1.165) is 32.6 Å². The Morgan fingerprint density at radius 1 is 0.540 bits per heavy atom. The number of Topliss-reactive ketones (excluding diaryl/α,β-unsaturated/α-hetero) is 1. The molecular formula is C90H121N7O15Si. The molecule has 0 saturated carbocycles. The molecule has 6 aromatic carbocycles. The Morgan fingerprint density at radius 3 is 1.60 bits per heavy atom. The molecule has 0 fully saturated rings. The molecule has 0 aliphatic heterocycles. The van der Waals surface area contributed by atoms with Crippen LogP contribution in [0.2, 0.25) is 5.04 Å². The predicted molar refractivity (Wildman–Crippen MR) is 441 cm³/mol. The number of alkyl carbamates (subject to hydrolysis) is 1. The molecule has 10 atom stereocenters. The van der Waals surface area contributed by atoms with Gasteiger partial charge in [0.1, 0.15) is 72.7 Å². The molecule has 0 radical (unpaired) electrons. The van der Waals surface area contributed by atoms with Crippen molar-refractivity contribution in [3.63, 3.8) is 0 Å². The number of nitrogens with zero attached hydrogens (tertiary/aromatic N) is 1. The van der Waals surface area contributed by atoms with Crippen molar-refractivity contribution in [1.82, 2.24) is 36.8 Å². The van der Waals surface area contributed by atoms with Crippen LogP contribution in [0.25, 0.3) is 11.1 Å². The van der Waals surface area contributed by atoms with Crippen molar-refractivity contribution in [3.05, 3.63) is 186 Å². The van der Waals surface area contributed by atoms with Crippen molar-refractivity contribution >= 4 is 77.9 Å². The minimum absolute atomic E-state index is 0.0373. The molecule has 0 unspecified atom stereocenters. The van der Waals surface area contributed by atoms with Gasteiger partial charge in [0.05, 0.1) is 0 Å². The lowest BCUT2D eigenvalue weighted by atomic mass is 9.91. The van der Waals surface area contributed by atoms with Gasteiger partial charge < -0.3 is 60.2 Å². The van der Waals surface area contributed by atoms with Crippen molar-refractivity contribution in [2.45, 2.75) is 227 Å². The van der Waals surface area contributed by atoms with Crippen LogP contribution in [0.5, 0.6) is 5.75 Å². The molecule has 6 N–H and O–H groups in total. The lowest BCUT2D eigenvalue weighted by Crippen LogP contribution is -2.66. The van der Waals surface area contributed by atoms with E-state index in [2.05, 4.69) is 76.9 Å². The summed E-state index contributed by atoms with van der Waals surface area (Å²) in [7, 11) is -0.185. The van der Waals surface area contributed by atoms with Gasteiger partial charge in [-0.05, 0) is 132 Å². The summed E-state index contributed by atoms with van der Waals surface area (Å²) in [4.78, 5) is 147. The molecule has 7 amide bonds. The Morgan fingerprint density at radius 2 is 1.07 bits per heavy atom. The number of hydrogen-bond donors (Lipinski definition) is 6. The molecule has 610 valence electrons. The average molecular weight is 1570 g/mol. The number of esters is 2. The van der Waals surface area contributed by atoms with Gasteiger partial charge in [-0.25, -0.2) is 14.4 Å². The number of amides is 7. The summed E-state index contributed by atoms with van der Waals surface area (Å²) < 4.78 is 31.5. The van der Waals surface area contributed by atoms with E-state index in [4.69, 9.17) is 23.4 Å². The summed E-state index contributed by atoms with van der Waals surface area (Å²) in [5.74, 6) is -9.11. The highest BCUT2D eigenvalue weighted by atomic mass is 28.4. The largest absolute Gasteiger partial charge is 0.488 e. The van der Waals surface area contributed by atoms with Crippen LogP contribution in [-0.4, -0.2) is 148 Å². The molecule has 0 spiro atoms. The third kappa shape index (κ3) is 25.2. The number of ether oxygens (including phenoxy) is 4. The van der Waals surface area contributed by atoms with E-state index in [1.165, 1.54) is 25.9 Å². The van der Waals surface area contributed by atoms with E-state index in [1.54, 1.807) is 83.1 Å². The van der Waals surface area contributed by atoms with E-state index in [-0.39, 0.29) is 87.4 Å². The number of ketones is 1. The van der Waals surface area contributed by atoms with Crippen molar-refractivity contribution in [2.75, 3.05) is 27.3 Å². The summed E-state index contributed by atoms with van der Waals surface area (Å²) in [5.41, 5.74) is 4.80. The molecule has 7 rings (SSSR count). The lowest BCUT2D eigenvalue weighted by molar-refractivity contribution is -0.159. The normalized spacial score (nSPS) is 14.8. The lowest BCUT2D eigenvalue weighted by Gasteiger charge is -2.43. The second-order valence-electron chi connectivity index (χ2n) is 32.6. The first kappa shape index (κ1) is 90.2. The summed E-state index contributed by atoms with van der Waals surface area (Å²) in [6, 6.07) is 43.8. The van der Waals surface area contributed by atoms with Crippen LogP contribution >= 0.6 is 0 Å². The second-order valence-corrected chi connectivity index (χ2v) is 36.9. The number of nitrogens with one attached hydrogen (secondary N) is 6. The number of likely N-dealkylation sites (N-methyl/N-ethyl adjacent to an activating group) is 1. The summed E-state index contributed by atoms with van der Waals surface area (Å²) in [5, 5.41) is 18.6. The van der Waals surface area contributed by atoms with Gasteiger partial charge in [0.25, 0.3) is 8.32 Å². The minimum Gasteiger partial charge on any atom is -0.488 e. The Balaban J connectivity index is 1.21. The number of hydrogen-bond acceptors (Lipinski definition) is 15. The first-order valence-corrected chi connectivity index (χ1v) is 41.8. The van der Waals surface area contributed by atoms with Crippen LogP contribution in [0, 0.1) is 29.6 Å². The van der Waals surface area contributed by atoms with Crippen LogP contribution in [0.4, 0.5) is 4.79 Å². The van der Waals surface area contributed by atoms with Gasteiger partial charge in [0, 0.05) is 57.7 Å². The third-order valence-electron chi connectivity index (χ3n) is 21.1. The van der Waals surface area contributed by atoms with Crippen molar-refractivity contribution in [2.24, 2.45) is 29.6 Å². The van der Waals surface area contributed by atoms with E-state index >= 15 is 19.2 Å². The van der Waals surface area contributed by atoms with E-state index in [9.17, 15) is 28.8 Å². The maximum Gasteiger partial charge on any atom is 0.407 e. The van der Waals surface area contributed by atoms with Gasteiger partial charge in [-0.2, -0.15) is 0 Å². The fraction of sp³-hybridized carbons (Fsp3) is 0.489. The molecule has 113 heavy (non-hydrogen) atoms. The highest BCUT2D eigenvalue weighted by Crippen LogP contribution is 2.45. The van der Waals surface area contributed by atoms with Gasteiger partial charge >= 0.3 is 18.0 Å². The second kappa shape index (κ2) is 42.2.